The number of hydrogen-bond acceptors (Lipinski definition) is 4. The molecule has 1 amide bonds. The molecule has 0 aliphatic carbocycles. The van der Waals surface area contributed by atoms with Crippen LogP contribution in [-0.4, -0.2) is 27.2 Å². The van der Waals surface area contributed by atoms with E-state index in [-0.39, 0.29) is 16.3 Å². The summed E-state index contributed by atoms with van der Waals surface area (Å²) in [7, 11) is 0. The minimum Gasteiger partial charge on any atom is -0.477 e. The van der Waals surface area contributed by atoms with Gasteiger partial charge in [0.15, 0.2) is 5.82 Å². The van der Waals surface area contributed by atoms with Gasteiger partial charge in [0.2, 0.25) is 0 Å². The number of hydrogen-bond donors (Lipinski definition) is 3. The van der Waals surface area contributed by atoms with Gasteiger partial charge in [-0.25, -0.2) is 9.18 Å². The summed E-state index contributed by atoms with van der Waals surface area (Å²) in [5.74, 6) is -1.68. The third-order valence-corrected chi connectivity index (χ3v) is 3.91. The van der Waals surface area contributed by atoms with Gasteiger partial charge in [0.25, 0.3) is 5.91 Å². The maximum Gasteiger partial charge on any atom is 0.345 e. The number of halogens is 1. The molecule has 0 aliphatic rings. The Morgan fingerprint density at radius 2 is 2.00 bits per heavy atom. The van der Waals surface area contributed by atoms with E-state index < -0.39 is 17.7 Å². The Labute approximate surface area is 121 Å². The summed E-state index contributed by atoms with van der Waals surface area (Å²) < 4.78 is 13.4. The number of amides is 1. The highest BCUT2D eigenvalue weighted by Crippen LogP contribution is 2.30. The predicted molar refractivity (Wildman–Crippen MR) is 75.3 cm³/mol. The topological polar surface area (TPSA) is 95.1 Å². The van der Waals surface area contributed by atoms with E-state index in [2.05, 4.69) is 15.5 Å². The zero-order valence-corrected chi connectivity index (χ0v) is 11.2. The summed E-state index contributed by atoms with van der Waals surface area (Å²) in [5, 5.41) is 18.1. The molecule has 0 atom stereocenters. The summed E-state index contributed by atoms with van der Waals surface area (Å²) in [6.45, 7) is 0. The first-order chi connectivity index (χ1) is 10.0. The molecule has 0 radical (unpaired) electrons. The van der Waals surface area contributed by atoms with Crippen molar-refractivity contribution in [1.29, 1.82) is 0 Å². The maximum atomic E-state index is 12.8. The molecule has 0 fully saturated rings. The summed E-state index contributed by atoms with van der Waals surface area (Å²) in [6, 6.07) is 6.52. The second-order valence-electron chi connectivity index (χ2n) is 4.19. The molecule has 3 rings (SSSR count). The first-order valence-electron chi connectivity index (χ1n) is 5.83. The van der Waals surface area contributed by atoms with E-state index in [9.17, 15) is 14.0 Å². The van der Waals surface area contributed by atoms with Gasteiger partial charge < -0.3 is 10.4 Å². The summed E-state index contributed by atoms with van der Waals surface area (Å²) in [4.78, 5) is 23.1. The fraction of sp³-hybridized carbons (Fsp3) is 0. The third kappa shape index (κ3) is 2.48. The van der Waals surface area contributed by atoms with E-state index in [1.807, 2.05) is 0 Å². The van der Waals surface area contributed by atoms with Gasteiger partial charge in [0, 0.05) is 5.56 Å². The first-order valence-corrected chi connectivity index (χ1v) is 6.64. The number of aromatic carboxylic acids is 1. The van der Waals surface area contributed by atoms with E-state index in [4.69, 9.17) is 5.11 Å². The van der Waals surface area contributed by atoms with Gasteiger partial charge in [-0.3, -0.25) is 9.89 Å². The van der Waals surface area contributed by atoms with Crippen molar-refractivity contribution in [2.24, 2.45) is 0 Å². The quantitative estimate of drug-likeness (QED) is 0.693. The van der Waals surface area contributed by atoms with Crippen LogP contribution in [0.15, 0.2) is 30.3 Å². The van der Waals surface area contributed by atoms with E-state index in [0.717, 1.165) is 11.3 Å². The Morgan fingerprint density at radius 1 is 1.29 bits per heavy atom. The number of fused-ring (bicyclic) bond motifs is 1. The van der Waals surface area contributed by atoms with Gasteiger partial charge >= 0.3 is 5.97 Å². The minimum absolute atomic E-state index is 0.149. The standard InChI is InChI=1S/C13H8FN3O3S/c14-7-3-1-6(2-4-7)12(18)15-11-10-8(16-17-11)5-9(21-10)13(19)20/h1-5H,(H,19,20)(H2,15,16,17,18). The Kier molecular flexibility index (Phi) is 3.15. The smallest absolute Gasteiger partial charge is 0.345 e. The van der Waals surface area contributed by atoms with Crippen LogP contribution in [-0.2, 0) is 0 Å². The minimum atomic E-state index is -1.04. The van der Waals surface area contributed by atoms with Gasteiger partial charge in [-0.2, -0.15) is 5.10 Å². The van der Waals surface area contributed by atoms with Gasteiger partial charge in [-0.1, -0.05) is 0 Å². The number of thiophene rings is 1. The van der Waals surface area contributed by atoms with Crippen molar-refractivity contribution >= 4 is 39.2 Å². The highest BCUT2D eigenvalue weighted by molar-refractivity contribution is 7.21. The molecule has 0 unspecified atom stereocenters. The molecule has 106 valence electrons. The SMILES string of the molecule is O=C(Nc1n[nH]c2cc(C(=O)O)sc12)c1ccc(F)cc1. The van der Waals surface area contributed by atoms with Crippen molar-refractivity contribution in [2.45, 2.75) is 0 Å². The van der Waals surface area contributed by atoms with Crippen molar-refractivity contribution in [3.05, 3.63) is 46.6 Å². The highest BCUT2D eigenvalue weighted by Gasteiger charge is 2.16. The molecule has 0 bridgehead atoms. The zero-order valence-electron chi connectivity index (χ0n) is 10.4. The average molecular weight is 305 g/mol. The number of anilines is 1. The van der Waals surface area contributed by atoms with Gasteiger partial charge in [-0.15, -0.1) is 11.3 Å². The van der Waals surface area contributed by atoms with Crippen LogP contribution in [0.25, 0.3) is 10.2 Å². The largest absolute Gasteiger partial charge is 0.477 e. The number of aromatic amines is 1. The van der Waals surface area contributed by atoms with Crippen LogP contribution in [0, 0.1) is 5.82 Å². The molecule has 0 spiro atoms. The molecule has 0 aliphatic heterocycles. The number of H-pyrrole nitrogens is 1. The summed E-state index contributed by atoms with van der Waals surface area (Å²) in [6.07, 6.45) is 0. The van der Waals surface area contributed by atoms with Crippen LogP contribution in [0.1, 0.15) is 20.0 Å². The summed E-state index contributed by atoms with van der Waals surface area (Å²) in [5.41, 5.74) is 0.814. The Bertz CT molecular complexity index is 838. The Balaban J connectivity index is 1.89. The van der Waals surface area contributed by atoms with Gasteiger partial charge in [0.1, 0.15) is 10.7 Å². The van der Waals surface area contributed by atoms with Crippen LogP contribution in [0.4, 0.5) is 10.2 Å². The number of aromatic nitrogens is 2. The number of rotatable bonds is 3. The number of carbonyl (C=O) groups is 2. The molecule has 0 saturated heterocycles. The summed E-state index contributed by atoms with van der Waals surface area (Å²) >= 11 is 1.01. The molecular formula is C13H8FN3O3S. The molecule has 3 N–H and O–H groups in total. The lowest BCUT2D eigenvalue weighted by molar-refractivity contribution is 0.0702. The first kappa shape index (κ1) is 13.3. The van der Waals surface area contributed by atoms with Crippen LogP contribution in [0.3, 0.4) is 0 Å². The van der Waals surface area contributed by atoms with Gasteiger partial charge in [-0.05, 0) is 30.3 Å². The second kappa shape index (κ2) is 4.98. The fourth-order valence-corrected chi connectivity index (χ4v) is 2.68. The zero-order chi connectivity index (χ0) is 15.0. The Hall–Kier alpha value is -2.74. The van der Waals surface area contributed by atoms with E-state index in [0.29, 0.717) is 10.2 Å². The number of nitrogens with zero attached hydrogens (tertiary/aromatic N) is 1. The fourth-order valence-electron chi connectivity index (χ4n) is 1.79. The molecule has 3 aromatic rings. The van der Waals surface area contributed by atoms with Crippen molar-refractivity contribution < 1.29 is 19.1 Å². The van der Waals surface area contributed by atoms with Crippen molar-refractivity contribution in [2.75, 3.05) is 5.32 Å². The third-order valence-electron chi connectivity index (χ3n) is 2.78. The maximum absolute atomic E-state index is 12.8. The van der Waals surface area contributed by atoms with E-state index >= 15 is 0 Å². The normalized spacial score (nSPS) is 10.7. The van der Waals surface area contributed by atoms with Crippen molar-refractivity contribution in [1.82, 2.24) is 10.2 Å². The number of carbonyl (C=O) groups excluding carboxylic acids is 1. The predicted octanol–water partition coefficient (Wildman–Crippen LogP) is 2.71. The lowest BCUT2D eigenvalue weighted by atomic mass is 10.2. The molecular weight excluding hydrogens is 297 g/mol. The van der Waals surface area contributed by atoms with E-state index in [1.54, 1.807) is 0 Å². The Morgan fingerprint density at radius 3 is 2.67 bits per heavy atom. The van der Waals surface area contributed by atoms with Crippen LogP contribution >= 0.6 is 11.3 Å². The van der Waals surface area contributed by atoms with Crippen molar-refractivity contribution in [3.8, 4) is 0 Å². The van der Waals surface area contributed by atoms with Crippen LogP contribution < -0.4 is 5.32 Å². The van der Waals surface area contributed by atoms with Crippen molar-refractivity contribution in [3.63, 3.8) is 0 Å². The molecule has 21 heavy (non-hydrogen) atoms. The van der Waals surface area contributed by atoms with Gasteiger partial charge in [0.05, 0.1) is 10.2 Å². The number of carboxylic acids is 1. The second-order valence-corrected chi connectivity index (χ2v) is 5.24. The van der Waals surface area contributed by atoms with Crippen LogP contribution in [0.2, 0.25) is 0 Å². The molecule has 8 heteroatoms. The van der Waals surface area contributed by atoms with E-state index in [1.165, 1.54) is 30.3 Å². The lowest BCUT2D eigenvalue weighted by Gasteiger charge is -2.01. The lowest BCUT2D eigenvalue weighted by Crippen LogP contribution is -2.12. The average Bonchev–Trinajstić information content (AvgIpc) is 3.01. The molecule has 2 heterocycles. The van der Waals surface area contributed by atoms with Crippen LogP contribution in [0.5, 0.6) is 0 Å². The highest BCUT2D eigenvalue weighted by atomic mass is 32.1. The number of benzene rings is 1. The molecule has 0 saturated carbocycles. The molecule has 6 nitrogen and oxygen atoms in total. The molecule has 2 aromatic heterocycles. The number of carboxylic acid groups (broad SMARTS) is 1. The monoisotopic (exact) mass is 305 g/mol. The molecule has 1 aromatic carbocycles. The number of nitrogens with one attached hydrogen (secondary N) is 2.